The summed E-state index contributed by atoms with van der Waals surface area (Å²) in [5.74, 6) is -0.391. The molecule has 1 rings (SSSR count). The van der Waals surface area contributed by atoms with Crippen LogP contribution < -0.4 is 10.6 Å². The SMILES string of the molecule is CNCC(C)C(=O)Nc1ccccc1C(=O)N(C)C.Cl. The van der Waals surface area contributed by atoms with Crippen LogP contribution in [-0.4, -0.2) is 44.4 Å². The molecule has 1 atom stereocenters. The zero-order chi connectivity index (χ0) is 14.4. The van der Waals surface area contributed by atoms with E-state index in [9.17, 15) is 9.59 Å². The van der Waals surface area contributed by atoms with Crippen molar-refractivity contribution < 1.29 is 9.59 Å². The fourth-order valence-corrected chi connectivity index (χ4v) is 1.67. The molecule has 5 nitrogen and oxygen atoms in total. The fourth-order valence-electron chi connectivity index (χ4n) is 1.67. The Hall–Kier alpha value is -1.59. The Kier molecular flexibility index (Phi) is 7.87. The molecule has 0 fully saturated rings. The Bertz CT molecular complexity index is 463. The number of carbonyl (C=O) groups is 2. The molecule has 0 aliphatic rings. The summed E-state index contributed by atoms with van der Waals surface area (Å²) >= 11 is 0. The maximum absolute atomic E-state index is 12.0. The van der Waals surface area contributed by atoms with Crippen molar-refractivity contribution >= 4 is 29.9 Å². The molecule has 20 heavy (non-hydrogen) atoms. The summed E-state index contributed by atoms with van der Waals surface area (Å²) in [6.07, 6.45) is 0. The minimum atomic E-state index is -0.160. The van der Waals surface area contributed by atoms with Crippen molar-refractivity contribution in [2.75, 3.05) is 33.0 Å². The first kappa shape index (κ1) is 18.4. The lowest BCUT2D eigenvalue weighted by atomic mass is 10.1. The van der Waals surface area contributed by atoms with Crippen LogP contribution in [0.3, 0.4) is 0 Å². The van der Waals surface area contributed by atoms with E-state index in [-0.39, 0.29) is 30.1 Å². The molecule has 1 unspecified atom stereocenters. The van der Waals surface area contributed by atoms with Crippen molar-refractivity contribution in [2.45, 2.75) is 6.92 Å². The molecule has 2 N–H and O–H groups in total. The molecule has 112 valence electrons. The van der Waals surface area contributed by atoms with Crippen LogP contribution in [0.2, 0.25) is 0 Å². The highest BCUT2D eigenvalue weighted by molar-refractivity contribution is 6.03. The maximum Gasteiger partial charge on any atom is 0.255 e. The van der Waals surface area contributed by atoms with Gasteiger partial charge in [0.15, 0.2) is 0 Å². The van der Waals surface area contributed by atoms with Crippen LogP contribution in [0.1, 0.15) is 17.3 Å². The average Bonchev–Trinajstić information content (AvgIpc) is 2.38. The summed E-state index contributed by atoms with van der Waals surface area (Å²) < 4.78 is 0. The van der Waals surface area contributed by atoms with Crippen molar-refractivity contribution in [3.8, 4) is 0 Å². The van der Waals surface area contributed by atoms with Crippen molar-refractivity contribution in [3.63, 3.8) is 0 Å². The van der Waals surface area contributed by atoms with E-state index in [2.05, 4.69) is 10.6 Å². The lowest BCUT2D eigenvalue weighted by Gasteiger charge is -2.16. The van der Waals surface area contributed by atoms with Gasteiger partial charge in [0.25, 0.3) is 5.91 Å². The van der Waals surface area contributed by atoms with E-state index in [1.807, 2.05) is 6.92 Å². The summed E-state index contributed by atoms with van der Waals surface area (Å²) in [6, 6.07) is 7.02. The maximum atomic E-state index is 12.0. The van der Waals surface area contributed by atoms with Crippen LogP contribution in [0.4, 0.5) is 5.69 Å². The Morgan fingerprint density at radius 2 is 1.85 bits per heavy atom. The van der Waals surface area contributed by atoms with Gasteiger partial charge in [-0.05, 0) is 19.2 Å². The molecule has 0 saturated heterocycles. The molecule has 2 amide bonds. The standard InChI is InChI=1S/C14H21N3O2.ClH/c1-10(9-15-2)13(18)16-12-8-6-5-7-11(12)14(19)17(3)4;/h5-8,10,15H,9H2,1-4H3,(H,16,18);1H. The highest BCUT2D eigenvalue weighted by Crippen LogP contribution is 2.17. The largest absolute Gasteiger partial charge is 0.345 e. The van der Waals surface area contributed by atoms with Crippen LogP contribution in [-0.2, 0) is 4.79 Å². The molecule has 0 bridgehead atoms. The molecule has 0 aliphatic heterocycles. The van der Waals surface area contributed by atoms with E-state index < -0.39 is 0 Å². The Balaban J connectivity index is 0.00000361. The first-order valence-electron chi connectivity index (χ1n) is 6.23. The summed E-state index contributed by atoms with van der Waals surface area (Å²) in [5.41, 5.74) is 1.05. The molecule has 1 aromatic carbocycles. The molecular weight excluding hydrogens is 278 g/mol. The number of hydrogen-bond acceptors (Lipinski definition) is 3. The van der Waals surface area contributed by atoms with E-state index in [1.165, 1.54) is 4.90 Å². The van der Waals surface area contributed by atoms with Crippen molar-refractivity contribution in [3.05, 3.63) is 29.8 Å². The van der Waals surface area contributed by atoms with E-state index in [1.54, 1.807) is 45.4 Å². The third-order valence-corrected chi connectivity index (χ3v) is 2.78. The van der Waals surface area contributed by atoms with Gasteiger partial charge in [-0.15, -0.1) is 12.4 Å². The second-order valence-corrected chi connectivity index (χ2v) is 4.69. The van der Waals surface area contributed by atoms with Gasteiger partial charge in [-0.3, -0.25) is 9.59 Å². The van der Waals surface area contributed by atoms with Gasteiger partial charge in [0.2, 0.25) is 5.91 Å². The number of anilines is 1. The summed E-state index contributed by atoms with van der Waals surface area (Å²) in [7, 11) is 5.17. The van der Waals surface area contributed by atoms with E-state index in [4.69, 9.17) is 0 Å². The van der Waals surface area contributed by atoms with Crippen molar-refractivity contribution in [1.82, 2.24) is 10.2 Å². The molecule has 6 heteroatoms. The van der Waals surface area contributed by atoms with Gasteiger partial charge in [-0.2, -0.15) is 0 Å². The summed E-state index contributed by atoms with van der Waals surface area (Å²) in [4.78, 5) is 25.5. The summed E-state index contributed by atoms with van der Waals surface area (Å²) in [6.45, 7) is 2.43. The van der Waals surface area contributed by atoms with Gasteiger partial charge in [0.05, 0.1) is 11.3 Å². The van der Waals surface area contributed by atoms with Crippen LogP contribution in [0, 0.1) is 5.92 Å². The number of nitrogens with zero attached hydrogens (tertiary/aromatic N) is 1. The van der Waals surface area contributed by atoms with E-state index in [0.29, 0.717) is 17.8 Å². The van der Waals surface area contributed by atoms with Crippen LogP contribution in [0.5, 0.6) is 0 Å². The second-order valence-electron chi connectivity index (χ2n) is 4.69. The Morgan fingerprint density at radius 1 is 1.25 bits per heavy atom. The number of carbonyl (C=O) groups excluding carboxylic acids is 2. The molecule has 0 heterocycles. The number of amides is 2. The quantitative estimate of drug-likeness (QED) is 0.868. The number of hydrogen-bond donors (Lipinski definition) is 2. The van der Waals surface area contributed by atoms with Gasteiger partial charge in [-0.25, -0.2) is 0 Å². The van der Waals surface area contributed by atoms with Crippen molar-refractivity contribution in [1.29, 1.82) is 0 Å². The minimum Gasteiger partial charge on any atom is -0.345 e. The molecule has 1 aromatic rings. The Labute approximate surface area is 126 Å². The Morgan fingerprint density at radius 3 is 2.40 bits per heavy atom. The number of nitrogens with one attached hydrogen (secondary N) is 2. The lowest BCUT2D eigenvalue weighted by molar-refractivity contribution is -0.119. The summed E-state index contributed by atoms with van der Waals surface area (Å²) in [5, 5.41) is 5.76. The zero-order valence-corrected chi connectivity index (χ0v) is 13.1. The first-order chi connectivity index (χ1) is 8.97. The third-order valence-electron chi connectivity index (χ3n) is 2.78. The highest BCUT2D eigenvalue weighted by atomic mass is 35.5. The number of halogens is 1. The predicted molar refractivity (Wildman–Crippen MR) is 83.4 cm³/mol. The number of benzene rings is 1. The van der Waals surface area contributed by atoms with Crippen LogP contribution >= 0.6 is 12.4 Å². The van der Waals surface area contributed by atoms with Gasteiger partial charge >= 0.3 is 0 Å². The second kappa shape index (κ2) is 8.55. The third kappa shape index (κ3) is 4.83. The van der Waals surface area contributed by atoms with Crippen LogP contribution in [0.25, 0.3) is 0 Å². The highest BCUT2D eigenvalue weighted by Gasteiger charge is 2.17. The molecule has 0 radical (unpaired) electrons. The van der Waals surface area contributed by atoms with Gasteiger partial charge in [0, 0.05) is 26.6 Å². The predicted octanol–water partition coefficient (Wildman–Crippen LogP) is 1.60. The van der Waals surface area contributed by atoms with Gasteiger partial charge in [0.1, 0.15) is 0 Å². The molecule has 0 aromatic heterocycles. The number of rotatable bonds is 5. The van der Waals surface area contributed by atoms with E-state index in [0.717, 1.165) is 0 Å². The molecule has 0 aliphatic carbocycles. The normalized spacial score (nSPS) is 11.2. The lowest BCUT2D eigenvalue weighted by Crippen LogP contribution is -2.30. The van der Waals surface area contributed by atoms with E-state index >= 15 is 0 Å². The van der Waals surface area contributed by atoms with Gasteiger partial charge in [-0.1, -0.05) is 19.1 Å². The minimum absolute atomic E-state index is 0. The van der Waals surface area contributed by atoms with Crippen molar-refractivity contribution in [2.24, 2.45) is 5.92 Å². The molecule has 0 saturated carbocycles. The van der Waals surface area contributed by atoms with Gasteiger partial charge < -0.3 is 15.5 Å². The fraction of sp³-hybridized carbons (Fsp3) is 0.429. The van der Waals surface area contributed by atoms with Crippen LogP contribution in [0.15, 0.2) is 24.3 Å². The number of para-hydroxylation sites is 1. The smallest absolute Gasteiger partial charge is 0.255 e. The molecular formula is C14H22ClN3O2. The first-order valence-corrected chi connectivity index (χ1v) is 6.23. The monoisotopic (exact) mass is 299 g/mol. The molecule has 0 spiro atoms. The zero-order valence-electron chi connectivity index (χ0n) is 12.3. The average molecular weight is 300 g/mol. The topological polar surface area (TPSA) is 61.4 Å².